The maximum absolute atomic E-state index is 12.5. The van der Waals surface area contributed by atoms with Crippen molar-refractivity contribution in [1.82, 2.24) is 9.97 Å². The molecule has 3 aromatic carbocycles. The van der Waals surface area contributed by atoms with Gasteiger partial charge in [0.15, 0.2) is 7.11 Å². The molecule has 0 bridgehead atoms. The summed E-state index contributed by atoms with van der Waals surface area (Å²) in [6.45, 7) is 0.513. The van der Waals surface area contributed by atoms with Crippen LogP contribution in [0.15, 0.2) is 85.3 Å². The van der Waals surface area contributed by atoms with Crippen molar-refractivity contribution in [3.05, 3.63) is 101 Å². The lowest BCUT2D eigenvalue weighted by atomic mass is 10.1. The van der Waals surface area contributed by atoms with E-state index in [1.54, 1.807) is 36.8 Å². The highest BCUT2D eigenvalue weighted by Crippen LogP contribution is 2.28. The number of aromatic amines is 1. The largest absolute Gasteiger partial charge is 0.493 e. The number of nitrogens with zero attached hydrogens (tertiary/aromatic N) is 2. The number of nitrogens with one attached hydrogen (secondary N) is 2. The van der Waals surface area contributed by atoms with Crippen molar-refractivity contribution in [2.24, 2.45) is 0 Å². The van der Waals surface area contributed by atoms with Crippen LogP contribution in [0.1, 0.15) is 11.1 Å². The number of anilines is 1. The Kier molecular flexibility index (Phi) is 7.29. The summed E-state index contributed by atoms with van der Waals surface area (Å²) in [5, 5.41) is 2.87. The van der Waals surface area contributed by atoms with Crippen molar-refractivity contribution in [1.29, 1.82) is 0 Å². The molecule has 0 spiro atoms. The number of ether oxygens (including phenoxy) is 1. The number of H-pyrrole nitrogens is 1. The van der Waals surface area contributed by atoms with Gasteiger partial charge in [0.1, 0.15) is 5.75 Å². The van der Waals surface area contributed by atoms with Crippen LogP contribution in [-0.2, 0) is 22.5 Å². The van der Waals surface area contributed by atoms with E-state index in [-0.39, 0.29) is 12.3 Å². The molecular formula is C26H25N4O4+. The second kappa shape index (κ2) is 10.9. The Morgan fingerprint density at radius 1 is 1.03 bits per heavy atom. The van der Waals surface area contributed by atoms with Crippen LogP contribution in [0.25, 0.3) is 11.3 Å². The number of carbonyl (C=O) groups excluding carboxylic acids is 1. The monoisotopic (exact) mass is 457 g/mol. The van der Waals surface area contributed by atoms with Gasteiger partial charge in [0, 0.05) is 29.3 Å². The van der Waals surface area contributed by atoms with Crippen LogP contribution >= 0.6 is 0 Å². The predicted octanol–water partition coefficient (Wildman–Crippen LogP) is 4.85. The van der Waals surface area contributed by atoms with Gasteiger partial charge >= 0.3 is 5.69 Å². The average molecular weight is 458 g/mol. The highest BCUT2D eigenvalue weighted by Gasteiger charge is 2.21. The third-order valence-corrected chi connectivity index (χ3v) is 5.27. The fourth-order valence-corrected chi connectivity index (χ4v) is 3.57. The number of amides is 1. The summed E-state index contributed by atoms with van der Waals surface area (Å²) in [6, 6.07) is 22.3. The maximum atomic E-state index is 12.5. The Morgan fingerprint density at radius 3 is 2.56 bits per heavy atom. The van der Waals surface area contributed by atoms with E-state index in [2.05, 4.69) is 15.3 Å². The smallest absolute Gasteiger partial charge is 0.320 e. The molecular weight excluding hydrogens is 432 g/mol. The number of para-hydroxylation sites is 2. The first-order chi connectivity index (χ1) is 16.6. The third-order valence-electron chi connectivity index (χ3n) is 5.27. The molecule has 1 amide bonds. The second-order valence-electron chi connectivity index (χ2n) is 7.55. The topological polar surface area (TPSA) is 96.3 Å². The number of hydrogen-bond donors (Lipinski definition) is 2. The summed E-state index contributed by atoms with van der Waals surface area (Å²) < 4.78 is 6.01. The molecule has 0 aliphatic carbocycles. The molecule has 0 radical (unpaired) electrons. The lowest BCUT2D eigenvalue weighted by Crippen LogP contribution is -2.15. The van der Waals surface area contributed by atoms with Crippen LogP contribution in [0.5, 0.6) is 5.75 Å². The minimum atomic E-state index is -0.219. The fourth-order valence-electron chi connectivity index (χ4n) is 3.57. The van der Waals surface area contributed by atoms with E-state index < -0.39 is 0 Å². The van der Waals surface area contributed by atoms with Gasteiger partial charge in [-0.1, -0.05) is 42.5 Å². The lowest BCUT2D eigenvalue weighted by Gasteiger charge is -2.11. The van der Waals surface area contributed by atoms with Gasteiger partial charge in [0.25, 0.3) is 4.92 Å². The van der Waals surface area contributed by atoms with E-state index >= 15 is 0 Å². The summed E-state index contributed by atoms with van der Waals surface area (Å²) in [7, 11) is 1.29. The van der Waals surface area contributed by atoms with Crippen molar-refractivity contribution in [2.45, 2.75) is 12.8 Å². The zero-order chi connectivity index (χ0) is 23.8. The number of benzene rings is 3. The van der Waals surface area contributed by atoms with Gasteiger partial charge in [0.2, 0.25) is 5.91 Å². The van der Waals surface area contributed by atoms with Crippen LogP contribution in [0.4, 0.5) is 11.4 Å². The fraction of sp³-hybridized carbons (Fsp3) is 0.154. The van der Waals surface area contributed by atoms with E-state index in [0.29, 0.717) is 28.5 Å². The molecule has 8 heteroatoms. The first kappa shape index (κ1) is 22.7. The lowest BCUT2D eigenvalue weighted by molar-refractivity contribution is -0.737. The highest BCUT2D eigenvalue weighted by molar-refractivity contribution is 5.92. The van der Waals surface area contributed by atoms with E-state index in [1.165, 1.54) is 7.11 Å². The van der Waals surface area contributed by atoms with Gasteiger partial charge in [-0.15, -0.1) is 0 Å². The van der Waals surface area contributed by atoms with Gasteiger partial charge in [-0.2, -0.15) is 0 Å². The molecule has 0 atom stereocenters. The number of imidazole rings is 1. The van der Waals surface area contributed by atoms with Crippen molar-refractivity contribution < 1.29 is 19.3 Å². The van der Waals surface area contributed by atoms with E-state index in [1.807, 2.05) is 48.5 Å². The summed E-state index contributed by atoms with van der Waals surface area (Å²) in [6.07, 6.45) is 4.18. The van der Waals surface area contributed by atoms with Crippen molar-refractivity contribution in [3.8, 4) is 17.0 Å². The van der Waals surface area contributed by atoms with E-state index in [0.717, 1.165) is 29.0 Å². The van der Waals surface area contributed by atoms with Gasteiger partial charge in [-0.3, -0.25) is 4.79 Å². The molecule has 8 nitrogen and oxygen atoms in total. The van der Waals surface area contributed by atoms with Crippen molar-refractivity contribution in [3.63, 3.8) is 0 Å². The van der Waals surface area contributed by atoms with Crippen molar-refractivity contribution >= 4 is 17.3 Å². The molecule has 4 rings (SSSR count). The van der Waals surface area contributed by atoms with Crippen molar-refractivity contribution in [2.75, 3.05) is 19.0 Å². The molecule has 0 fully saturated rings. The molecule has 0 aliphatic heterocycles. The van der Waals surface area contributed by atoms with Gasteiger partial charge < -0.3 is 15.0 Å². The van der Waals surface area contributed by atoms with Crippen LogP contribution in [0, 0.1) is 4.91 Å². The molecule has 0 aliphatic rings. The zero-order valence-electron chi connectivity index (χ0n) is 18.7. The SMILES string of the molecule is CO[N+](=O)c1ccccc1CC(=O)Nc1ccc(CCOc2ccccc2-c2cnc[nH]2)cc1. The van der Waals surface area contributed by atoms with Crippen LogP contribution in [-0.4, -0.2) is 34.5 Å². The zero-order valence-corrected chi connectivity index (χ0v) is 18.7. The molecule has 0 saturated carbocycles. The number of carbonyl (C=O) groups is 1. The Morgan fingerprint density at radius 2 is 1.79 bits per heavy atom. The van der Waals surface area contributed by atoms with Crippen LogP contribution in [0.3, 0.4) is 0 Å². The minimum absolute atomic E-state index is 0.0591. The minimum Gasteiger partial charge on any atom is -0.493 e. The summed E-state index contributed by atoms with van der Waals surface area (Å²) in [4.78, 5) is 36.6. The van der Waals surface area contributed by atoms with Crippen LogP contribution in [0.2, 0.25) is 0 Å². The highest BCUT2D eigenvalue weighted by atomic mass is 16.8. The Labute approximate surface area is 197 Å². The molecule has 4 aromatic rings. The third kappa shape index (κ3) is 5.66. The maximum Gasteiger partial charge on any atom is 0.320 e. The molecule has 1 aromatic heterocycles. The summed E-state index contributed by atoms with van der Waals surface area (Å²) in [5.41, 5.74) is 4.53. The number of rotatable bonds is 10. The second-order valence-corrected chi connectivity index (χ2v) is 7.55. The average Bonchev–Trinajstić information content (AvgIpc) is 3.40. The molecule has 172 valence electrons. The summed E-state index contributed by atoms with van der Waals surface area (Å²) >= 11 is 0. The quantitative estimate of drug-likeness (QED) is 0.332. The normalized spacial score (nSPS) is 10.5. The Hall–Kier alpha value is -4.46. The Bertz CT molecular complexity index is 1250. The first-order valence-electron chi connectivity index (χ1n) is 10.8. The van der Waals surface area contributed by atoms with Crippen LogP contribution < -0.4 is 10.1 Å². The molecule has 0 saturated heterocycles. The Balaban J connectivity index is 1.31. The molecule has 1 heterocycles. The number of hydrogen-bond acceptors (Lipinski definition) is 5. The van der Waals surface area contributed by atoms with Gasteiger partial charge in [0.05, 0.1) is 36.2 Å². The molecule has 34 heavy (non-hydrogen) atoms. The standard InChI is InChI=1S/C26H24N4O4/c1-33-30(32)24-8-4-2-6-20(24)16-26(31)29-21-12-10-19(11-13-21)14-15-34-25-9-5-3-7-22(25)23-17-27-18-28-23/h2-13,17-18H,14-16H2,1H3,(H-,27,28,29,31)/p+1. The first-order valence-corrected chi connectivity index (χ1v) is 10.8. The van der Waals surface area contributed by atoms with Gasteiger partial charge in [-0.25, -0.2) is 9.82 Å². The number of aromatic nitrogens is 2. The predicted molar refractivity (Wildman–Crippen MR) is 129 cm³/mol. The molecule has 0 unspecified atom stereocenters. The molecule has 2 N–H and O–H groups in total. The van der Waals surface area contributed by atoms with E-state index in [4.69, 9.17) is 9.57 Å². The van der Waals surface area contributed by atoms with E-state index in [9.17, 15) is 9.70 Å². The van der Waals surface area contributed by atoms with Gasteiger partial charge in [-0.05, 0) is 29.8 Å². The summed E-state index contributed by atoms with van der Waals surface area (Å²) in [5.74, 6) is 0.574.